The molecule has 10 heteroatoms. The van der Waals surface area contributed by atoms with Gasteiger partial charge in [0.25, 0.3) is 5.91 Å². The number of carbonyl (C=O) groups excluding carboxylic acids is 2. The van der Waals surface area contributed by atoms with Gasteiger partial charge in [0.1, 0.15) is 12.4 Å². The number of aromatic nitrogens is 1. The van der Waals surface area contributed by atoms with E-state index in [9.17, 15) is 19.1 Å². The molecular formula is C22H18ClF2N2O4S-. The molecule has 1 aliphatic carbocycles. The van der Waals surface area contributed by atoms with Gasteiger partial charge in [-0.1, -0.05) is 35.5 Å². The van der Waals surface area contributed by atoms with Crippen molar-refractivity contribution < 1.29 is 28.3 Å². The number of amides is 1. The molecule has 1 amide bonds. The van der Waals surface area contributed by atoms with Gasteiger partial charge < -0.3 is 14.5 Å². The van der Waals surface area contributed by atoms with E-state index in [2.05, 4.69) is 0 Å². The molecule has 0 bridgehead atoms. The number of hydrogen-bond donors (Lipinski definition) is 0. The Morgan fingerprint density at radius 1 is 1.25 bits per heavy atom. The standard InChI is InChI=1S/C22H19ClF2N2O4S/c1-26(31-2)16(28)10-27-19(11-6-7-11)21(13-8-9-14(23)18(25)20(13)27)32-15-5-3-4-12(17(15)24)22(29)30/h3-5,8-9,11H,6-7,10H2,1-2H3,(H,29,30)/p-1. The second kappa shape index (κ2) is 8.73. The highest BCUT2D eigenvalue weighted by atomic mass is 35.5. The Morgan fingerprint density at radius 2 is 1.97 bits per heavy atom. The summed E-state index contributed by atoms with van der Waals surface area (Å²) in [5.74, 6) is -3.59. The molecule has 1 aliphatic rings. The molecule has 0 aliphatic heterocycles. The number of halogens is 3. The first-order valence-corrected chi connectivity index (χ1v) is 10.9. The minimum Gasteiger partial charge on any atom is -0.545 e. The highest BCUT2D eigenvalue weighted by molar-refractivity contribution is 7.99. The lowest BCUT2D eigenvalue weighted by atomic mass is 10.2. The van der Waals surface area contributed by atoms with Crippen molar-refractivity contribution in [1.82, 2.24) is 9.63 Å². The van der Waals surface area contributed by atoms with Crippen LogP contribution in [0.1, 0.15) is 34.8 Å². The van der Waals surface area contributed by atoms with E-state index in [0.717, 1.165) is 35.7 Å². The third-order valence-corrected chi connectivity index (χ3v) is 6.85. The third-order valence-electron chi connectivity index (χ3n) is 5.38. The number of carboxylic acid groups (broad SMARTS) is 1. The fraction of sp³-hybridized carbons (Fsp3) is 0.273. The minimum atomic E-state index is -1.62. The Morgan fingerprint density at radius 3 is 2.59 bits per heavy atom. The van der Waals surface area contributed by atoms with Crippen molar-refractivity contribution in [3.63, 3.8) is 0 Å². The smallest absolute Gasteiger partial charge is 0.265 e. The number of likely N-dealkylation sites (N-methyl/N-ethyl adjacent to an activating group) is 1. The molecule has 4 rings (SSSR count). The molecular weight excluding hydrogens is 462 g/mol. The minimum absolute atomic E-state index is 0.0520. The van der Waals surface area contributed by atoms with E-state index in [4.69, 9.17) is 16.4 Å². The van der Waals surface area contributed by atoms with Gasteiger partial charge in [0.2, 0.25) is 0 Å². The van der Waals surface area contributed by atoms with Crippen molar-refractivity contribution in [2.24, 2.45) is 0 Å². The maximum Gasteiger partial charge on any atom is 0.265 e. The van der Waals surface area contributed by atoms with Gasteiger partial charge in [-0.15, -0.1) is 0 Å². The third kappa shape index (κ3) is 3.96. The molecule has 168 valence electrons. The number of nitrogens with zero attached hydrogens (tertiary/aromatic N) is 2. The van der Waals surface area contributed by atoms with E-state index in [-0.39, 0.29) is 27.9 Å². The number of aromatic carboxylic acids is 1. The van der Waals surface area contributed by atoms with Crippen molar-refractivity contribution in [3.8, 4) is 0 Å². The first-order chi connectivity index (χ1) is 15.2. The van der Waals surface area contributed by atoms with Crippen molar-refractivity contribution in [2.75, 3.05) is 14.2 Å². The lowest BCUT2D eigenvalue weighted by molar-refractivity contribution is -0.255. The van der Waals surface area contributed by atoms with Gasteiger partial charge in [-0.05, 0) is 31.0 Å². The molecule has 1 aromatic heterocycles. The Bertz CT molecular complexity index is 1240. The molecule has 6 nitrogen and oxygen atoms in total. The molecule has 3 aromatic rings. The van der Waals surface area contributed by atoms with Gasteiger partial charge in [-0.3, -0.25) is 9.63 Å². The van der Waals surface area contributed by atoms with Gasteiger partial charge in [0.15, 0.2) is 5.82 Å². The maximum absolute atomic E-state index is 15.2. The molecule has 1 heterocycles. The average molecular weight is 480 g/mol. The number of rotatable bonds is 7. The monoisotopic (exact) mass is 479 g/mol. The first kappa shape index (κ1) is 22.6. The SMILES string of the molecule is CON(C)C(=O)Cn1c(C2CC2)c(Sc2cccc(C(=O)[O-])c2F)c2ccc(Cl)c(F)c21. The maximum atomic E-state index is 15.2. The van der Waals surface area contributed by atoms with E-state index in [1.165, 1.54) is 32.4 Å². The van der Waals surface area contributed by atoms with Gasteiger partial charge in [-0.25, -0.2) is 13.8 Å². The van der Waals surface area contributed by atoms with Gasteiger partial charge in [0, 0.05) is 39.4 Å². The summed E-state index contributed by atoms with van der Waals surface area (Å²) in [7, 11) is 2.80. The molecule has 1 saturated carbocycles. The van der Waals surface area contributed by atoms with Crippen molar-refractivity contribution in [3.05, 3.63) is 58.2 Å². The van der Waals surface area contributed by atoms with Crippen LogP contribution < -0.4 is 5.11 Å². The predicted octanol–water partition coefficient (Wildman–Crippen LogP) is 3.98. The summed E-state index contributed by atoms with van der Waals surface area (Å²) in [4.78, 5) is 29.4. The summed E-state index contributed by atoms with van der Waals surface area (Å²) in [6, 6.07) is 7.01. The van der Waals surface area contributed by atoms with Crippen molar-refractivity contribution >= 4 is 46.1 Å². The number of fused-ring (bicyclic) bond motifs is 1. The molecule has 0 atom stereocenters. The number of hydrogen-bond acceptors (Lipinski definition) is 5. The summed E-state index contributed by atoms with van der Waals surface area (Å²) >= 11 is 7.03. The molecule has 0 radical (unpaired) electrons. The van der Waals surface area contributed by atoms with Crippen molar-refractivity contribution in [2.45, 2.75) is 35.1 Å². The lowest BCUT2D eigenvalue weighted by Gasteiger charge is -2.17. The second-order valence-corrected chi connectivity index (χ2v) is 8.87. The van der Waals surface area contributed by atoms with Gasteiger partial charge >= 0.3 is 0 Å². The fourth-order valence-corrected chi connectivity index (χ4v) is 4.97. The first-order valence-electron chi connectivity index (χ1n) is 9.73. The van der Waals surface area contributed by atoms with E-state index >= 15 is 4.39 Å². The molecule has 1 fully saturated rings. The Balaban J connectivity index is 1.93. The summed E-state index contributed by atoms with van der Waals surface area (Å²) in [6.07, 6.45) is 1.66. The van der Waals surface area contributed by atoms with E-state index in [0.29, 0.717) is 16.0 Å². The topological polar surface area (TPSA) is 74.6 Å². The van der Waals surface area contributed by atoms with Crippen LogP contribution in [0.15, 0.2) is 40.1 Å². The van der Waals surface area contributed by atoms with Crippen LogP contribution in [-0.4, -0.2) is 35.7 Å². The van der Waals surface area contributed by atoms with Crippen LogP contribution in [0.3, 0.4) is 0 Å². The summed E-state index contributed by atoms with van der Waals surface area (Å²) in [6.45, 7) is -0.202. The number of benzene rings is 2. The fourth-order valence-electron chi connectivity index (χ4n) is 3.60. The molecule has 0 N–H and O–H groups in total. The zero-order valence-electron chi connectivity index (χ0n) is 17.2. The van der Waals surface area contributed by atoms with Crippen LogP contribution in [0.25, 0.3) is 10.9 Å². The highest BCUT2D eigenvalue weighted by Gasteiger charge is 2.34. The summed E-state index contributed by atoms with van der Waals surface area (Å²) in [5.41, 5.74) is 0.260. The molecule has 2 aromatic carbocycles. The summed E-state index contributed by atoms with van der Waals surface area (Å²) in [5, 5.41) is 12.6. The highest BCUT2D eigenvalue weighted by Crippen LogP contribution is 2.50. The van der Waals surface area contributed by atoms with E-state index in [1.54, 1.807) is 10.6 Å². The van der Waals surface area contributed by atoms with Gasteiger partial charge in [-0.2, -0.15) is 0 Å². The van der Waals surface area contributed by atoms with Crippen molar-refractivity contribution in [1.29, 1.82) is 0 Å². The Kier molecular flexibility index (Phi) is 6.15. The zero-order chi connectivity index (χ0) is 23.2. The van der Waals surface area contributed by atoms with Crippen LogP contribution in [0.4, 0.5) is 8.78 Å². The molecule has 0 saturated heterocycles. The van der Waals surface area contributed by atoms with Gasteiger partial charge in [0.05, 0.1) is 23.6 Å². The molecule has 32 heavy (non-hydrogen) atoms. The zero-order valence-corrected chi connectivity index (χ0v) is 18.7. The normalized spacial score (nSPS) is 13.5. The number of carboxylic acids is 1. The average Bonchev–Trinajstić information content (AvgIpc) is 3.55. The lowest BCUT2D eigenvalue weighted by Crippen LogP contribution is -2.29. The Labute approximate surface area is 191 Å². The predicted molar refractivity (Wildman–Crippen MR) is 114 cm³/mol. The van der Waals surface area contributed by atoms with Crippen LogP contribution in [0, 0.1) is 11.6 Å². The van der Waals surface area contributed by atoms with E-state index < -0.39 is 29.1 Å². The van der Waals surface area contributed by atoms with Crippen LogP contribution >= 0.6 is 23.4 Å². The second-order valence-electron chi connectivity index (χ2n) is 7.41. The number of carbonyl (C=O) groups is 2. The Hall–Kier alpha value is -2.62. The number of hydroxylamine groups is 2. The van der Waals surface area contributed by atoms with Crippen LogP contribution in [0.2, 0.25) is 5.02 Å². The largest absolute Gasteiger partial charge is 0.545 e. The van der Waals surface area contributed by atoms with E-state index in [1.807, 2.05) is 0 Å². The van der Waals surface area contributed by atoms with Crippen LogP contribution in [0.5, 0.6) is 0 Å². The summed E-state index contributed by atoms with van der Waals surface area (Å²) < 4.78 is 31.6. The van der Waals surface area contributed by atoms with Crippen LogP contribution in [-0.2, 0) is 16.2 Å². The molecule has 0 unspecified atom stereocenters. The molecule has 0 spiro atoms. The quantitative estimate of drug-likeness (QED) is 0.479.